The van der Waals surface area contributed by atoms with Crippen LogP contribution in [0.5, 0.6) is 0 Å². The molecule has 0 spiro atoms. The molecule has 0 aliphatic heterocycles. The third-order valence-electron chi connectivity index (χ3n) is 1.76. The molecule has 0 aromatic heterocycles. The number of nitrogens with one attached hydrogen (secondary N) is 1. The van der Waals surface area contributed by atoms with Crippen LogP contribution < -0.4 is 5.32 Å². The van der Waals surface area contributed by atoms with Crippen LogP contribution >= 0.6 is 15.9 Å². The Hall–Kier alpha value is -0.230. The zero-order chi connectivity index (χ0) is 11.7. The van der Waals surface area contributed by atoms with Crippen molar-refractivity contribution in [1.82, 2.24) is 5.32 Å². The Balaban J connectivity index is 3.48. The molecule has 0 aliphatic carbocycles. The number of carbonyl (C=O) groups excluding carboxylic acids is 1. The molecule has 0 fully saturated rings. The van der Waals surface area contributed by atoms with E-state index in [-0.39, 0.29) is 25.0 Å². The Kier molecular flexibility index (Phi) is 8.89. The molecule has 15 heavy (non-hydrogen) atoms. The van der Waals surface area contributed by atoms with Gasteiger partial charge in [-0.15, -0.1) is 0 Å². The first-order chi connectivity index (χ1) is 7.10. The zero-order valence-electron chi connectivity index (χ0n) is 8.64. The maximum atomic E-state index is 11.6. The van der Waals surface area contributed by atoms with Gasteiger partial charge in [-0.1, -0.05) is 22.9 Å². The first kappa shape index (κ1) is 14.8. The lowest BCUT2D eigenvalue weighted by Crippen LogP contribution is -2.36. The van der Waals surface area contributed by atoms with Crippen LogP contribution in [-0.2, 0) is 9.53 Å². The van der Waals surface area contributed by atoms with Gasteiger partial charge in [0.25, 0.3) is 6.43 Å². The van der Waals surface area contributed by atoms with Crippen molar-refractivity contribution in [3.8, 4) is 0 Å². The van der Waals surface area contributed by atoms with Crippen LogP contribution in [0.15, 0.2) is 0 Å². The summed E-state index contributed by atoms with van der Waals surface area (Å²) in [7, 11) is 0. The van der Waals surface area contributed by atoms with Crippen LogP contribution in [0, 0.1) is 0 Å². The normalized spacial score (nSPS) is 12.9. The molecule has 0 radical (unpaired) electrons. The summed E-state index contributed by atoms with van der Waals surface area (Å²) in [5.74, 6) is -0.171. The minimum absolute atomic E-state index is 0.0366. The van der Waals surface area contributed by atoms with E-state index < -0.39 is 13.0 Å². The van der Waals surface area contributed by atoms with Gasteiger partial charge >= 0.3 is 0 Å². The summed E-state index contributed by atoms with van der Waals surface area (Å²) in [6.45, 7) is 1.39. The van der Waals surface area contributed by atoms with E-state index in [9.17, 15) is 13.6 Å². The van der Waals surface area contributed by atoms with Gasteiger partial charge in [0.05, 0.1) is 6.61 Å². The molecule has 0 rings (SSSR count). The summed E-state index contributed by atoms with van der Waals surface area (Å²) in [5.41, 5.74) is 0. The predicted molar refractivity (Wildman–Crippen MR) is 57.5 cm³/mol. The summed E-state index contributed by atoms with van der Waals surface area (Å²) < 4.78 is 27.9. The van der Waals surface area contributed by atoms with Gasteiger partial charge in [0.1, 0.15) is 6.61 Å². The van der Waals surface area contributed by atoms with Crippen molar-refractivity contribution in [3.05, 3.63) is 0 Å². The summed E-state index contributed by atoms with van der Waals surface area (Å²) in [4.78, 5) is 11.2. The Labute approximate surface area is 96.7 Å². The Bertz CT molecular complexity index is 177. The lowest BCUT2D eigenvalue weighted by molar-refractivity contribution is -0.123. The van der Waals surface area contributed by atoms with E-state index in [0.29, 0.717) is 5.33 Å². The number of halogens is 3. The third-order valence-corrected chi connectivity index (χ3v) is 2.54. The highest BCUT2D eigenvalue weighted by Gasteiger charge is 2.09. The van der Waals surface area contributed by atoms with Gasteiger partial charge in [-0.2, -0.15) is 0 Å². The molecule has 6 heteroatoms. The molecule has 0 saturated heterocycles. The van der Waals surface area contributed by atoms with E-state index in [1.54, 1.807) is 0 Å². The van der Waals surface area contributed by atoms with Crippen molar-refractivity contribution in [2.24, 2.45) is 0 Å². The van der Waals surface area contributed by atoms with Crippen LogP contribution in [0.2, 0.25) is 0 Å². The van der Waals surface area contributed by atoms with Crippen LogP contribution in [-0.4, -0.2) is 36.9 Å². The number of ether oxygens (including phenoxy) is 1. The number of amides is 1. The molecule has 3 nitrogen and oxygen atoms in total. The second-order valence-electron chi connectivity index (χ2n) is 3.04. The maximum Gasteiger partial charge on any atom is 0.261 e. The fourth-order valence-corrected chi connectivity index (χ4v) is 1.51. The second-order valence-corrected chi connectivity index (χ2v) is 3.69. The van der Waals surface area contributed by atoms with Gasteiger partial charge in [-0.3, -0.25) is 4.79 Å². The average Bonchev–Trinajstić information content (AvgIpc) is 2.20. The highest BCUT2D eigenvalue weighted by Crippen LogP contribution is 1.97. The predicted octanol–water partition coefficient (Wildman–Crippen LogP) is 1.95. The van der Waals surface area contributed by atoms with E-state index in [1.807, 2.05) is 6.92 Å². The number of rotatable bonds is 8. The van der Waals surface area contributed by atoms with Crippen LogP contribution in [0.3, 0.4) is 0 Å². The third kappa shape index (κ3) is 8.74. The van der Waals surface area contributed by atoms with Gasteiger partial charge in [-0.25, -0.2) is 8.78 Å². The largest absolute Gasteiger partial charge is 0.375 e. The minimum Gasteiger partial charge on any atom is -0.375 e. The molecule has 0 aliphatic rings. The van der Waals surface area contributed by atoms with Crippen molar-refractivity contribution in [2.75, 3.05) is 18.5 Å². The molecule has 1 amide bonds. The molecule has 1 atom stereocenters. The summed E-state index contributed by atoms with van der Waals surface area (Å²) in [6, 6.07) is 0.0904. The van der Waals surface area contributed by atoms with E-state index in [2.05, 4.69) is 26.0 Å². The minimum atomic E-state index is -2.47. The van der Waals surface area contributed by atoms with E-state index >= 15 is 0 Å². The molecule has 1 N–H and O–H groups in total. The number of hydrogen-bond acceptors (Lipinski definition) is 2. The van der Waals surface area contributed by atoms with Crippen molar-refractivity contribution in [1.29, 1.82) is 0 Å². The van der Waals surface area contributed by atoms with Crippen molar-refractivity contribution < 1.29 is 18.3 Å². The first-order valence-electron chi connectivity index (χ1n) is 4.81. The highest BCUT2D eigenvalue weighted by atomic mass is 79.9. The topological polar surface area (TPSA) is 38.3 Å². The quantitative estimate of drug-likeness (QED) is 0.547. The maximum absolute atomic E-state index is 11.6. The molecule has 0 aromatic carbocycles. The lowest BCUT2D eigenvalue weighted by atomic mass is 10.2. The van der Waals surface area contributed by atoms with Crippen molar-refractivity contribution in [3.63, 3.8) is 0 Å². The number of alkyl halides is 3. The number of carbonyl (C=O) groups is 1. The SMILES string of the molecule is CCC(CBr)NC(=O)CCOCC(F)F. The molecule has 90 valence electrons. The molecule has 0 saturated carbocycles. The summed E-state index contributed by atoms with van der Waals surface area (Å²) in [5, 5.41) is 3.44. The van der Waals surface area contributed by atoms with Crippen molar-refractivity contribution in [2.45, 2.75) is 32.2 Å². The van der Waals surface area contributed by atoms with E-state index in [1.165, 1.54) is 0 Å². The monoisotopic (exact) mass is 287 g/mol. The average molecular weight is 288 g/mol. The highest BCUT2D eigenvalue weighted by molar-refractivity contribution is 9.09. The first-order valence-corrected chi connectivity index (χ1v) is 5.93. The molecule has 1 unspecified atom stereocenters. The van der Waals surface area contributed by atoms with Gasteiger partial charge in [-0.05, 0) is 6.42 Å². The smallest absolute Gasteiger partial charge is 0.261 e. The number of hydrogen-bond donors (Lipinski definition) is 1. The van der Waals surface area contributed by atoms with Crippen LogP contribution in [0.1, 0.15) is 19.8 Å². The van der Waals surface area contributed by atoms with E-state index in [4.69, 9.17) is 0 Å². The van der Waals surface area contributed by atoms with Gasteiger partial charge in [0.2, 0.25) is 5.91 Å². The summed E-state index contributed by atoms with van der Waals surface area (Å²) in [6.07, 6.45) is -1.52. The summed E-state index contributed by atoms with van der Waals surface area (Å²) >= 11 is 3.26. The van der Waals surface area contributed by atoms with Crippen molar-refractivity contribution >= 4 is 21.8 Å². The zero-order valence-corrected chi connectivity index (χ0v) is 10.2. The molecule has 0 aromatic rings. The van der Waals surface area contributed by atoms with Gasteiger partial charge in [0.15, 0.2) is 0 Å². The van der Waals surface area contributed by atoms with Gasteiger partial charge < -0.3 is 10.1 Å². The lowest BCUT2D eigenvalue weighted by Gasteiger charge is -2.13. The molecular formula is C9H16BrF2NO2. The Morgan fingerprint density at radius 2 is 2.20 bits per heavy atom. The standard InChI is InChI=1S/C9H16BrF2NO2/c1-2-7(5-10)13-9(14)3-4-15-6-8(11)12/h7-8H,2-6H2,1H3,(H,13,14). The van der Waals surface area contributed by atoms with Crippen LogP contribution in [0.25, 0.3) is 0 Å². The second kappa shape index (κ2) is 9.03. The Morgan fingerprint density at radius 3 is 2.67 bits per heavy atom. The molecule has 0 heterocycles. The van der Waals surface area contributed by atoms with E-state index in [0.717, 1.165) is 6.42 Å². The molecular weight excluding hydrogens is 272 g/mol. The van der Waals surface area contributed by atoms with Gasteiger partial charge in [0, 0.05) is 17.8 Å². The fraction of sp³-hybridized carbons (Fsp3) is 0.889. The fourth-order valence-electron chi connectivity index (χ4n) is 0.887. The Morgan fingerprint density at radius 1 is 1.53 bits per heavy atom. The van der Waals surface area contributed by atoms with Crippen LogP contribution in [0.4, 0.5) is 8.78 Å². The molecule has 0 bridgehead atoms.